The number of aliphatic carboxylic acids is 1. The van der Waals surface area contributed by atoms with Crippen LogP contribution in [0.2, 0.25) is 0 Å². The van der Waals surface area contributed by atoms with Crippen molar-refractivity contribution in [3.05, 3.63) is 83.9 Å². The van der Waals surface area contributed by atoms with Crippen LogP contribution in [0.25, 0.3) is 0 Å². The Labute approximate surface area is 196 Å². The van der Waals surface area contributed by atoms with Crippen molar-refractivity contribution in [2.24, 2.45) is 0 Å². The van der Waals surface area contributed by atoms with Gasteiger partial charge >= 0.3 is 12.1 Å². The number of methoxy groups -OCH3 is 1. The molecule has 10 heteroatoms. The Balaban J connectivity index is 1.74. The van der Waals surface area contributed by atoms with Crippen molar-refractivity contribution < 1.29 is 29.0 Å². The molecule has 0 saturated heterocycles. The zero-order chi connectivity index (χ0) is 24.3. The molecule has 0 fully saturated rings. The van der Waals surface area contributed by atoms with Gasteiger partial charge in [0.25, 0.3) is 0 Å². The van der Waals surface area contributed by atoms with E-state index in [0.717, 1.165) is 5.56 Å². The summed E-state index contributed by atoms with van der Waals surface area (Å²) in [6.45, 7) is -0.469. The molecule has 3 N–H and O–H groups in total. The third kappa shape index (κ3) is 7.37. The van der Waals surface area contributed by atoms with Gasteiger partial charge in [0.1, 0.15) is 24.9 Å². The maximum Gasteiger partial charge on any atom is 0.408 e. The van der Waals surface area contributed by atoms with Gasteiger partial charge in [-0.2, -0.15) is 0 Å². The van der Waals surface area contributed by atoms with Crippen LogP contribution in [-0.4, -0.2) is 57.6 Å². The number of H-pyrrole nitrogens is 1. The van der Waals surface area contributed by atoms with Crippen molar-refractivity contribution >= 4 is 18.0 Å². The van der Waals surface area contributed by atoms with Crippen LogP contribution in [0.1, 0.15) is 16.8 Å². The van der Waals surface area contributed by atoms with E-state index in [1.165, 1.54) is 24.5 Å². The fourth-order valence-corrected chi connectivity index (χ4v) is 3.27. The second-order valence-electron chi connectivity index (χ2n) is 7.48. The number of aromatic nitrogens is 2. The van der Waals surface area contributed by atoms with Crippen LogP contribution < -0.4 is 10.1 Å². The number of amides is 2. The van der Waals surface area contributed by atoms with Crippen LogP contribution in [0.4, 0.5) is 4.79 Å². The summed E-state index contributed by atoms with van der Waals surface area (Å²) in [7, 11) is 1.54. The Morgan fingerprint density at radius 1 is 1.09 bits per heavy atom. The van der Waals surface area contributed by atoms with Crippen molar-refractivity contribution in [3.63, 3.8) is 0 Å². The van der Waals surface area contributed by atoms with E-state index in [0.29, 0.717) is 17.0 Å². The second-order valence-corrected chi connectivity index (χ2v) is 7.48. The zero-order valence-electron chi connectivity index (χ0n) is 18.6. The number of imidazole rings is 1. The molecule has 0 radical (unpaired) electrons. The third-order valence-electron chi connectivity index (χ3n) is 4.95. The van der Waals surface area contributed by atoms with Gasteiger partial charge in [-0.05, 0) is 23.3 Å². The Morgan fingerprint density at radius 3 is 2.44 bits per heavy atom. The number of carbonyl (C=O) groups excluding carboxylic acids is 2. The molecule has 1 heterocycles. The van der Waals surface area contributed by atoms with Gasteiger partial charge in [-0.3, -0.25) is 9.59 Å². The van der Waals surface area contributed by atoms with Gasteiger partial charge < -0.3 is 29.8 Å². The number of aromatic amines is 1. The van der Waals surface area contributed by atoms with Crippen molar-refractivity contribution in [3.8, 4) is 5.75 Å². The average Bonchev–Trinajstić information content (AvgIpc) is 3.35. The van der Waals surface area contributed by atoms with Gasteiger partial charge in [-0.25, -0.2) is 9.78 Å². The lowest BCUT2D eigenvalue weighted by Crippen LogP contribution is -2.50. The fraction of sp³-hybridized carbons (Fsp3) is 0.250. The predicted octanol–water partition coefficient (Wildman–Crippen LogP) is 2.37. The van der Waals surface area contributed by atoms with Gasteiger partial charge in [-0.15, -0.1) is 0 Å². The van der Waals surface area contributed by atoms with Gasteiger partial charge in [0, 0.05) is 24.9 Å². The first-order valence-corrected chi connectivity index (χ1v) is 10.5. The van der Waals surface area contributed by atoms with Gasteiger partial charge in [0.2, 0.25) is 5.91 Å². The summed E-state index contributed by atoms with van der Waals surface area (Å²) in [5.74, 6) is -1.10. The summed E-state index contributed by atoms with van der Waals surface area (Å²) < 4.78 is 10.4. The topological polar surface area (TPSA) is 134 Å². The highest BCUT2D eigenvalue weighted by Gasteiger charge is 2.29. The highest BCUT2D eigenvalue weighted by molar-refractivity contribution is 5.88. The lowest BCUT2D eigenvalue weighted by molar-refractivity contribution is -0.145. The van der Waals surface area contributed by atoms with Crippen molar-refractivity contribution in [2.45, 2.75) is 25.6 Å². The number of hydrogen-bond donors (Lipinski definition) is 3. The first-order chi connectivity index (χ1) is 16.4. The third-order valence-corrected chi connectivity index (χ3v) is 4.95. The second kappa shape index (κ2) is 12.0. The van der Waals surface area contributed by atoms with E-state index in [-0.39, 0.29) is 19.6 Å². The first kappa shape index (κ1) is 24.3. The summed E-state index contributed by atoms with van der Waals surface area (Å²) >= 11 is 0. The molecule has 1 atom stereocenters. The number of carbonyl (C=O) groups is 3. The largest absolute Gasteiger partial charge is 0.497 e. The molecule has 34 heavy (non-hydrogen) atoms. The molecule has 0 aliphatic rings. The Bertz CT molecular complexity index is 1070. The van der Waals surface area contributed by atoms with Crippen LogP contribution in [-0.2, 0) is 33.9 Å². The summed E-state index contributed by atoms with van der Waals surface area (Å²) in [5.41, 5.74) is 2.10. The molecule has 0 spiro atoms. The standard InChI is InChI=1S/C24H26N4O6/c1-33-20-9-7-17(8-10-20)13-28(14-22(29)30)23(31)21(11-19-12-25-16-26-19)27-24(32)34-15-18-5-3-2-4-6-18/h2-10,12,16,21H,11,13-15H2,1H3,(H,25,26)(H,27,32)(H,29,30)/t21-/m0/s1. The molecule has 3 rings (SSSR count). The minimum atomic E-state index is -1.17. The van der Waals surface area contributed by atoms with Crippen molar-refractivity contribution in [1.29, 1.82) is 0 Å². The molecule has 10 nitrogen and oxygen atoms in total. The molecule has 2 amide bonds. The van der Waals surface area contributed by atoms with E-state index >= 15 is 0 Å². The molecule has 178 valence electrons. The van der Waals surface area contributed by atoms with Gasteiger partial charge in [0.05, 0.1) is 13.4 Å². The predicted molar refractivity (Wildman–Crippen MR) is 122 cm³/mol. The zero-order valence-corrected chi connectivity index (χ0v) is 18.6. The maximum atomic E-state index is 13.4. The highest BCUT2D eigenvalue weighted by atomic mass is 16.5. The first-order valence-electron chi connectivity index (χ1n) is 10.5. The number of nitrogens with zero attached hydrogens (tertiary/aromatic N) is 2. The fourth-order valence-electron chi connectivity index (χ4n) is 3.27. The smallest absolute Gasteiger partial charge is 0.408 e. The molecular weight excluding hydrogens is 440 g/mol. The lowest BCUT2D eigenvalue weighted by atomic mass is 10.1. The number of hydrogen-bond acceptors (Lipinski definition) is 6. The Hall–Kier alpha value is -4.34. The van der Waals surface area contributed by atoms with Crippen molar-refractivity contribution in [1.82, 2.24) is 20.2 Å². The van der Waals surface area contributed by atoms with E-state index in [2.05, 4.69) is 15.3 Å². The van der Waals surface area contributed by atoms with E-state index in [1.54, 1.807) is 24.3 Å². The summed E-state index contributed by atoms with van der Waals surface area (Å²) in [5, 5.41) is 12.0. The number of benzene rings is 2. The Kier molecular flexibility index (Phi) is 8.61. The molecular formula is C24H26N4O6. The van der Waals surface area contributed by atoms with Crippen LogP contribution >= 0.6 is 0 Å². The van der Waals surface area contributed by atoms with Crippen LogP contribution in [0, 0.1) is 0 Å². The molecule has 0 saturated carbocycles. The maximum absolute atomic E-state index is 13.4. The highest BCUT2D eigenvalue weighted by Crippen LogP contribution is 2.14. The number of carboxylic acids is 1. The van der Waals surface area contributed by atoms with Crippen LogP contribution in [0.3, 0.4) is 0 Å². The number of ether oxygens (including phenoxy) is 2. The summed E-state index contributed by atoms with van der Waals surface area (Å²) in [6.07, 6.45) is 2.28. The van der Waals surface area contributed by atoms with E-state index in [9.17, 15) is 19.5 Å². The molecule has 0 aliphatic carbocycles. The van der Waals surface area contributed by atoms with Gasteiger partial charge in [-0.1, -0.05) is 42.5 Å². The molecule has 3 aromatic rings. The number of carboxylic acid groups (broad SMARTS) is 1. The van der Waals surface area contributed by atoms with E-state index < -0.39 is 30.6 Å². The van der Waals surface area contributed by atoms with Crippen LogP contribution in [0.15, 0.2) is 67.1 Å². The monoisotopic (exact) mass is 466 g/mol. The van der Waals surface area contributed by atoms with Crippen molar-refractivity contribution in [2.75, 3.05) is 13.7 Å². The summed E-state index contributed by atoms with van der Waals surface area (Å²) in [6, 6.07) is 15.0. The number of alkyl carbamates (subject to hydrolysis) is 1. The lowest BCUT2D eigenvalue weighted by Gasteiger charge is -2.26. The quantitative estimate of drug-likeness (QED) is 0.395. The van der Waals surface area contributed by atoms with Crippen LogP contribution in [0.5, 0.6) is 5.75 Å². The molecule has 1 aromatic heterocycles. The minimum absolute atomic E-state index is 0.0301. The van der Waals surface area contributed by atoms with E-state index in [4.69, 9.17) is 9.47 Å². The average molecular weight is 466 g/mol. The normalized spacial score (nSPS) is 11.3. The Morgan fingerprint density at radius 2 is 1.82 bits per heavy atom. The molecule has 2 aromatic carbocycles. The molecule has 0 unspecified atom stereocenters. The minimum Gasteiger partial charge on any atom is -0.497 e. The SMILES string of the molecule is COc1ccc(CN(CC(=O)O)C(=O)[C@H](Cc2cnc[nH]2)NC(=O)OCc2ccccc2)cc1. The molecule has 0 bridgehead atoms. The van der Waals surface area contributed by atoms with Gasteiger partial charge in [0.15, 0.2) is 0 Å². The van der Waals surface area contributed by atoms with E-state index in [1.807, 2.05) is 30.3 Å². The molecule has 0 aliphatic heterocycles. The number of nitrogens with one attached hydrogen (secondary N) is 2. The number of rotatable bonds is 11. The summed E-state index contributed by atoms with van der Waals surface area (Å²) in [4.78, 5) is 45.3.